The van der Waals surface area contributed by atoms with E-state index in [1.54, 1.807) is 18.9 Å². The lowest BCUT2D eigenvalue weighted by Crippen LogP contribution is -2.01. The zero-order chi connectivity index (χ0) is 17.8. The molecular formula is C19H20ClN3OS. The second-order valence-corrected chi connectivity index (χ2v) is 7.48. The van der Waals surface area contributed by atoms with E-state index in [-0.39, 0.29) is 0 Å². The molecule has 0 aliphatic rings. The lowest BCUT2D eigenvalue weighted by molar-refractivity contribution is 0.415. The molecule has 0 bridgehead atoms. The van der Waals surface area contributed by atoms with E-state index >= 15 is 0 Å². The van der Waals surface area contributed by atoms with E-state index in [1.807, 2.05) is 48.5 Å². The van der Waals surface area contributed by atoms with Gasteiger partial charge in [0.2, 0.25) is 0 Å². The van der Waals surface area contributed by atoms with Gasteiger partial charge in [-0.2, -0.15) is 0 Å². The standard InChI is InChI=1S/C19H20ClN3OS/c1-13(2)12-25-19-22-21-18(14-5-4-6-17(11-14)24-3)23(19)16-9-7-15(20)8-10-16/h4-11,13H,12H2,1-3H3. The van der Waals surface area contributed by atoms with Crippen molar-refractivity contribution in [2.24, 2.45) is 5.92 Å². The molecule has 0 N–H and O–H groups in total. The summed E-state index contributed by atoms with van der Waals surface area (Å²) in [6, 6.07) is 15.6. The first-order valence-corrected chi connectivity index (χ1v) is 9.43. The van der Waals surface area contributed by atoms with Gasteiger partial charge in [0.25, 0.3) is 0 Å². The van der Waals surface area contributed by atoms with Gasteiger partial charge in [-0.1, -0.05) is 49.3 Å². The van der Waals surface area contributed by atoms with Crippen LogP contribution in [0.2, 0.25) is 5.02 Å². The lowest BCUT2D eigenvalue weighted by Gasteiger charge is -2.12. The summed E-state index contributed by atoms with van der Waals surface area (Å²) in [7, 11) is 1.66. The van der Waals surface area contributed by atoms with Gasteiger partial charge < -0.3 is 4.74 Å². The lowest BCUT2D eigenvalue weighted by atomic mass is 10.2. The zero-order valence-electron chi connectivity index (χ0n) is 14.4. The maximum Gasteiger partial charge on any atom is 0.196 e. The Morgan fingerprint density at radius 1 is 1.12 bits per heavy atom. The van der Waals surface area contributed by atoms with E-state index in [9.17, 15) is 0 Å². The van der Waals surface area contributed by atoms with Crippen LogP contribution < -0.4 is 4.74 Å². The van der Waals surface area contributed by atoms with Crippen molar-refractivity contribution < 1.29 is 4.74 Å². The van der Waals surface area contributed by atoms with Crippen molar-refractivity contribution in [2.75, 3.05) is 12.9 Å². The van der Waals surface area contributed by atoms with Crippen LogP contribution in [0.15, 0.2) is 53.7 Å². The van der Waals surface area contributed by atoms with Crippen LogP contribution in [0.3, 0.4) is 0 Å². The third-order valence-electron chi connectivity index (χ3n) is 3.59. The smallest absolute Gasteiger partial charge is 0.196 e. The molecule has 6 heteroatoms. The number of benzene rings is 2. The van der Waals surface area contributed by atoms with Crippen molar-refractivity contribution in [1.29, 1.82) is 0 Å². The molecule has 0 aliphatic carbocycles. The summed E-state index contributed by atoms with van der Waals surface area (Å²) >= 11 is 7.75. The van der Waals surface area contributed by atoms with Gasteiger partial charge in [0.1, 0.15) is 5.75 Å². The molecule has 0 saturated heterocycles. The number of nitrogens with zero attached hydrogens (tertiary/aromatic N) is 3. The minimum atomic E-state index is 0.570. The molecule has 25 heavy (non-hydrogen) atoms. The Kier molecular flexibility index (Phi) is 5.66. The first-order valence-electron chi connectivity index (χ1n) is 8.07. The third kappa shape index (κ3) is 4.17. The predicted octanol–water partition coefficient (Wildman–Crippen LogP) is 5.34. The van der Waals surface area contributed by atoms with Crippen LogP contribution in [0.5, 0.6) is 5.75 Å². The minimum Gasteiger partial charge on any atom is -0.497 e. The highest BCUT2D eigenvalue weighted by Crippen LogP contribution is 2.30. The van der Waals surface area contributed by atoms with Crippen LogP contribution in [0, 0.1) is 5.92 Å². The average molecular weight is 374 g/mol. The maximum absolute atomic E-state index is 6.05. The Bertz CT molecular complexity index is 846. The maximum atomic E-state index is 6.05. The number of aromatic nitrogens is 3. The number of ether oxygens (including phenoxy) is 1. The molecule has 0 radical (unpaired) electrons. The SMILES string of the molecule is COc1cccc(-c2nnc(SCC(C)C)n2-c2ccc(Cl)cc2)c1. The fourth-order valence-electron chi connectivity index (χ4n) is 2.38. The highest BCUT2D eigenvalue weighted by atomic mass is 35.5. The highest BCUT2D eigenvalue weighted by molar-refractivity contribution is 7.99. The van der Waals surface area contributed by atoms with E-state index in [1.165, 1.54) is 0 Å². The fraction of sp³-hybridized carbons (Fsp3) is 0.263. The summed E-state index contributed by atoms with van der Waals surface area (Å²) in [6.07, 6.45) is 0. The molecular weight excluding hydrogens is 354 g/mol. The second kappa shape index (κ2) is 7.93. The Morgan fingerprint density at radius 3 is 2.56 bits per heavy atom. The number of rotatable bonds is 6. The van der Waals surface area contributed by atoms with Crippen molar-refractivity contribution in [3.05, 3.63) is 53.6 Å². The average Bonchev–Trinajstić information content (AvgIpc) is 3.04. The molecule has 4 nitrogen and oxygen atoms in total. The molecule has 0 unspecified atom stereocenters. The number of halogens is 1. The Labute approximate surface area is 157 Å². The summed E-state index contributed by atoms with van der Waals surface area (Å²) in [6.45, 7) is 4.39. The summed E-state index contributed by atoms with van der Waals surface area (Å²) in [5.41, 5.74) is 1.94. The predicted molar refractivity (Wildman–Crippen MR) is 104 cm³/mol. The summed E-state index contributed by atoms with van der Waals surface area (Å²) < 4.78 is 7.41. The summed E-state index contributed by atoms with van der Waals surface area (Å²) in [5, 5.41) is 10.4. The molecule has 1 heterocycles. The number of thioether (sulfide) groups is 1. The van der Waals surface area contributed by atoms with Gasteiger partial charge in [-0.05, 0) is 42.3 Å². The van der Waals surface area contributed by atoms with Gasteiger partial charge in [0.15, 0.2) is 11.0 Å². The normalized spacial score (nSPS) is 11.1. The van der Waals surface area contributed by atoms with Crippen molar-refractivity contribution in [3.8, 4) is 22.8 Å². The van der Waals surface area contributed by atoms with Crippen LogP contribution in [0.25, 0.3) is 17.1 Å². The quantitative estimate of drug-likeness (QED) is 0.546. The molecule has 3 aromatic rings. The number of methoxy groups -OCH3 is 1. The molecule has 0 amide bonds. The number of hydrogen-bond donors (Lipinski definition) is 0. The zero-order valence-corrected chi connectivity index (χ0v) is 16.0. The van der Waals surface area contributed by atoms with Crippen LogP contribution in [-0.2, 0) is 0 Å². The van der Waals surface area contributed by atoms with Gasteiger partial charge >= 0.3 is 0 Å². The molecule has 3 rings (SSSR count). The first kappa shape index (κ1) is 17.8. The van der Waals surface area contributed by atoms with Crippen LogP contribution in [-0.4, -0.2) is 27.6 Å². The van der Waals surface area contributed by atoms with E-state index in [2.05, 4.69) is 28.6 Å². The van der Waals surface area contributed by atoms with Crippen LogP contribution in [0.4, 0.5) is 0 Å². The van der Waals surface area contributed by atoms with Gasteiger partial charge in [0.05, 0.1) is 7.11 Å². The molecule has 0 saturated carbocycles. The molecule has 1 aromatic heterocycles. The monoisotopic (exact) mass is 373 g/mol. The Hall–Kier alpha value is -1.98. The van der Waals surface area contributed by atoms with Gasteiger partial charge in [-0.3, -0.25) is 4.57 Å². The van der Waals surface area contributed by atoms with Crippen molar-refractivity contribution in [1.82, 2.24) is 14.8 Å². The minimum absolute atomic E-state index is 0.570. The Morgan fingerprint density at radius 2 is 1.88 bits per heavy atom. The largest absolute Gasteiger partial charge is 0.497 e. The topological polar surface area (TPSA) is 39.9 Å². The molecule has 0 atom stereocenters. The second-order valence-electron chi connectivity index (χ2n) is 6.05. The van der Waals surface area contributed by atoms with Crippen molar-refractivity contribution in [3.63, 3.8) is 0 Å². The molecule has 2 aromatic carbocycles. The van der Waals surface area contributed by atoms with Gasteiger partial charge in [-0.25, -0.2) is 0 Å². The number of hydrogen-bond acceptors (Lipinski definition) is 4. The molecule has 0 spiro atoms. The van der Waals surface area contributed by atoms with Gasteiger partial charge in [-0.15, -0.1) is 10.2 Å². The first-order chi connectivity index (χ1) is 12.1. The van der Waals surface area contributed by atoms with E-state index in [4.69, 9.17) is 16.3 Å². The van der Waals surface area contributed by atoms with E-state index in [0.717, 1.165) is 33.7 Å². The van der Waals surface area contributed by atoms with Crippen LogP contribution in [0.1, 0.15) is 13.8 Å². The van der Waals surface area contributed by atoms with Crippen LogP contribution >= 0.6 is 23.4 Å². The molecule has 0 aliphatic heterocycles. The van der Waals surface area contributed by atoms with Crippen molar-refractivity contribution >= 4 is 23.4 Å². The fourth-order valence-corrected chi connectivity index (χ4v) is 3.40. The van der Waals surface area contributed by atoms with Crippen molar-refractivity contribution in [2.45, 2.75) is 19.0 Å². The Balaban J connectivity index is 2.09. The molecule has 130 valence electrons. The summed E-state index contributed by atoms with van der Waals surface area (Å²) in [5.74, 6) is 3.12. The molecule has 0 fully saturated rings. The summed E-state index contributed by atoms with van der Waals surface area (Å²) in [4.78, 5) is 0. The van der Waals surface area contributed by atoms with E-state index < -0.39 is 0 Å². The van der Waals surface area contributed by atoms with E-state index in [0.29, 0.717) is 10.9 Å². The highest BCUT2D eigenvalue weighted by Gasteiger charge is 2.17. The van der Waals surface area contributed by atoms with Gasteiger partial charge in [0, 0.05) is 22.0 Å². The third-order valence-corrected chi connectivity index (χ3v) is 5.20.